The smallest absolute Gasteiger partial charge is 0.336 e. The van der Waals surface area contributed by atoms with E-state index >= 15 is 0 Å². The van der Waals surface area contributed by atoms with E-state index in [1.165, 1.54) is 0 Å². The van der Waals surface area contributed by atoms with E-state index < -0.39 is 5.97 Å². The molecule has 0 radical (unpaired) electrons. The Morgan fingerprint density at radius 2 is 1.61 bits per heavy atom. The van der Waals surface area contributed by atoms with E-state index in [1.807, 2.05) is 78.9 Å². The SMILES string of the molecule is Cc1c(C)n(Cc2ccc(-c3ccccc3C(=O)O)cc2)c2ccc(C(=O)NCc3ccccc3Cl)cc12. The molecule has 1 heterocycles. The minimum atomic E-state index is -0.938. The lowest BCUT2D eigenvalue weighted by molar-refractivity contribution is 0.0697. The maximum atomic E-state index is 12.9. The van der Waals surface area contributed by atoms with Gasteiger partial charge in [0, 0.05) is 40.3 Å². The van der Waals surface area contributed by atoms with E-state index in [2.05, 4.69) is 23.7 Å². The first kappa shape index (κ1) is 25.3. The van der Waals surface area contributed by atoms with Gasteiger partial charge in [-0.25, -0.2) is 4.79 Å². The average molecular weight is 523 g/mol. The van der Waals surface area contributed by atoms with E-state index in [9.17, 15) is 14.7 Å². The zero-order chi connectivity index (χ0) is 26.8. The van der Waals surface area contributed by atoms with Gasteiger partial charge >= 0.3 is 5.97 Å². The average Bonchev–Trinajstić information content (AvgIpc) is 3.17. The third-order valence-corrected chi connectivity index (χ3v) is 7.43. The Labute approximate surface area is 226 Å². The summed E-state index contributed by atoms with van der Waals surface area (Å²) in [5.41, 5.74) is 7.75. The summed E-state index contributed by atoms with van der Waals surface area (Å²) in [5.74, 6) is -1.08. The Morgan fingerprint density at radius 1 is 0.895 bits per heavy atom. The summed E-state index contributed by atoms with van der Waals surface area (Å²) >= 11 is 6.22. The van der Waals surface area contributed by atoms with Crippen LogP contribution in [0.4, 0.5) is 0 Å². The van der Waals surface area contributed by atoms with Gasteiger partial charge in [0.2, 0.25) is 0 Å². The van der Waals surface area contributed by atoms with Gasteiger partial charge in [0.1, 0.15) is 0 Å². The summed E-state index contributed by atoms with van der Waals surface area (Å²) in [6.07, 6.45) is 0. The molecule has 0 bridgehead atoms. The number of carbonyl (C=O) groups is 2. The van der Waals surface area contributed by atoms with Crippen LogP contribution in [-0.2, 0) is 13.1 Å². The highest BCUT2D eigenvalue weighted by Crippen LogP contribution is 2.29. The molecule has 38 heavy (non-hydrogen) atoms. The van der Waals surface area contributed by atoms with Gasteiger partial charge in [0.15, 0.2) is 0 Å². The Balaban J connectivity index is 1.38. The summed E-state index contributed by atoms with van der Waals surface area (Å²) < 4.78 is 2.25. The number of nitrogens with one attached hydrogen (secondary N) is 1. The molecule has 0 saturated heterocycles. The van der Waals surface area contributed by atoms with Gasteiger partial charge < -0.3 is 15.0 Å². The largest absolute Gasteiger partial charge is 0.478 e. The van der Waals surface area contributed by atoms with Crippen molar-refractivity contribution in [1.82, 2.24) is 9.88 Å². The van der Waals surface area contributed by atoms with Crippen LogP contribution in [0.2, 0.25) is 5.02 Å². The molecular weight excluding hydrogens is 496 g/mol. The lowest BCUT2D eigenvalue weighted by Gasteiger charge is -2.11. The number of aromatic carboxylic acids is 1. The number of benzene rings is 4. The topological polar surface area (TPSA) is 71.3 Å². The van der Waals surface area contributed by atoms with Gasteiger partial charge in [-0.1, -0.05) is 72.3 Å². The van der Waals surface area contributed by atoms with E-state index in [0.29, 0.717) is 29.2 Å². The first-order valence-corrected chi connectivity index (χ1v) is 12.7. The molecule has 0 spiro atoms. The van der Waals surface area contributed by atoms with Crippen LogP contribution in [0.3, 0.4) is 0 Å². The van der Waals surface area contributed by atoms with Crippen molar-refractivity contribution in [2.24, 2.45) is 0 Å². The Kier molecular flexibility index (Phi) is 7.03. The monoisotopic (exact) mass is 522 g/mol. The van der Waals surface area contributed by atoms with Crippen molar-refractivity contribution in [3.63, 3.8) is 0 Å². The number of nitrogens with zero attached hydrogens (tertiary/aromatic N) is 1. The van der Waals surface area contributed by atoms with Crippen LogP contribution in [0, 0.1) is 13.8 Å². The molecule has 0 atom stereocenters. The first-order chi connectivity index (χ1) is 18.3. The van der Waals surface area contributed by atoms with Crippen LogP contribution in [0.25, 0.3) is 22.0 Å². The number of hydrogen-bond donors (Lipinski definition) is 2. The number of carboxylic acid groups (broad SMARTS) is 1. The lowest BCUT2D eigenvalue weighted by Crippen LogP contribution is -2.22. The third-order valence-electron chi connectivity index (χ3n) is 7.06. The van der Waals surface area contributed by atoms with Crippen LogP contribution in [0.1, 0.15) is 43.1 Å². The molecule has 0 unspecified atom stereocenters. The molecule has 2 N–H and O–H groups in total. The fourth-order valence-corrected chi connectivity index (χ4v) is 5.01. The van der Waals surface area contributed by atoms with Crippen molar-refractivity contribution in [3.8, 4) is 11.1 Å². The molecular formula is C32H27ClN2O3. The van der Waals surface area contributed by atoms with Crippen molar-refractivity contribution < 1.29 is 14.7 Å². The van der Waals surface area contributed by atoms with E-state index in [0.717, 1.165) is 38.9 Å². The molecule has 1 amide bonds. The molecule has 4 aromatic carbocycles. The van der Waals surface area contributed by atoms with Crippen molar-refractivity contribution in [2.75, 3.05) is 0 Å². The quantitative estimate of drug-likeness (QED) is 0.236. The highest BCUT2D eigenvalue weighted by atomic mass is 35.5. The molecule has 5 nitrogen and oxygen atoms in total. The molecule has 0 saturated carbocycles. The summed E-state index contributed by atoms with van der Waals surface area (Å²) in [6.45, 7) is 5.19. The molecule has 5 rings (SSSR count). The number of aromatic nitrogens is 1. The zero-order valence-electron chi connectivity index (χ0n) is 21.2. The number of hydrogen-bond acceptors (Lipinski definition) is 2. The first-order valence-electron chi connectivity index (χ1n) is 12.4. The van der Waals surface area contributed by atoms with Gasteiger partial charge in [-0.15, -0.1) is 0 Å². The Hall–Kier alpha value is -4.35. The normalized spacial score (nSPS) is 11.0. The predicted molar refractivity (Wildman–Crippen MR) is 152 cm³/mol. The second-order valence-corrected chi connectivity index (χ2v) is 9.76. The standard InChI is InChI=1S/C32H27ClN2O3/c1-20-21(2)35(19-22-11-13-23(14-12-22)26-8-4-5-9-27(26)32(37)38)30-16-15-24(17-28(20)30)31(36)34-18-25-7-3-6-10-29(25)33/h3-17H,18-19H2,1-2H3,(H,34,36)(H,37,38). The summed E-state index contributed by atoms with van der Waals surface area (Å²) in [5, 5.41) is 14.2. The van der Waals surface area contributed by atoms with Gasteiger partial charge in [0.05, 0.1) is 5.56 Å². The van der Waals surface area contributed by atoms with Crippen molar-refractivity contribution in [1.29, 1.82) is 0 Å². The van der Waals surface area contributed by atoms with Crippen LogP contribution < -0.4 is 5.32 Å². The number of rotatable bonds is 7. The molecule has 0 aliphatic carbocycles. The molecule has 0 fully saturated rings. The van der Waals surface area contributed by atoms with Crippen LogP contribution in [-0.4, -0.2) is 21.6 Å². The minimum absolute atomic E-state index is 0.145. The lowest BCUT2D eigenvalue weighted by atomic mass is 9.99. The van der Waals surface area contributed by atoms with Gasteiger partial charge in [-0.05, 0) is 72.0 Å². The number of halogens is 1. The second kappa shape index (κ2) is 10.6. The Bertz CT molecular complexity index is 1670. The predicted octanol–water partition coefficient (Wildman–Crippen LogP) is 7.26. The van der Waals surface area contributed by atoms with Crippen molar-refractivity contribution >= 4 is 34.4 Å². The van der Waals surface area contributed by atoms with Crippen LogP contribution >= 0.6 is 11.6 Å². The maximum Gasteiger partial charge on any atom is 0.336 e. The number of amides is 1. The van der Waals surface area contributed by atoms with Gasteiger partial charge in [0.25, 0.3) is 5.91 Å². The molecule has 1 aromatic heterocycles. The summed E-state index contributed by atoms with van der Waals surface area (Å²) in [6, 6.07) is 28.3. The number of fused-ring (bicyclic) bond motifs is 1. The number of carbonyl (C=O) groups excluding carboxylic acids is 1. The maximum absolute atomic E-state index is 12.9. The molecule has 0 aliphatic rings. The zero-order valence-corrected chi connectivity index (χ0v) is 21.9. The van der Waals surface area contributed by atoms with Gasteiger partial charge in [-0.3, -0.25) is 4.79 Å². The third kappa shape index (κ3) is 4.93. The number of aryl methyl sites for hydroxylation is 1. The molecule has 6 heteroatoms. The number of carboxylic acids is 1. The van der Waals surface area contributed by atoms with Crippen LogP contribution in [0.5, 0.6) is 0 Å². The fourth-order valence-electron chi connectivity index (χ4n) is 4.81. The highest BCUT2D eigenvalue weighted by molar-refractivity contribution is 6.31. The second-order valence-electron chi connectivity index (χ2n) is 9.35. The highest BCUT2D eigenvalue weighted by Gasteiger charge is 2.15. The van der Waals surface area contributed by atoms with Gasteiger partial charge in [-0.2, -0.15) is 0 Å². The minimum Gasteiger partial charge on any atom is -0.478 e. The van der Waals surface area contributed by atoms with Crippen molar-refractivity contribution in [2.45, 2.75) is 26.9 Å². The fraction of sp³-hybridized carbons (Fsp3) is 0.125. The summed E-state index contributed by atoms with van der Waals surface area (Å²) in [4.78, 5) is 24.5. The van der Waals surface area contributed by atoms with E-state index in [1.54, 1.807) is 12.1 Å². The van der Waals surface area contributed by atoms with Crippen molar-refractivity contribution in [3.05, 3.63) is 130 Å². The van der Waals surface area contributed by atoms with E-state index in [-0.39, 0.29) is 11.5 Å². The Morgan fingerprint density at radius 3 is 2.34 bits per heavy atom. The molecule has 5 aromatic rings. The molecule has 190 valence electrons. The van der Waals surface area contributed by atoms with Crippen LogP contribution in [0.15, 0.2) is 91.0 Å². The molecule has 0 aliphatic heterocycles. The van der Waals surface area contributed by atoms with E-state index in [4.69, 9.17) is 11.6 Å². The summed E-state index contributed by atoms with van der Waals surface area (Å²) in [7, 11) is 0.